The number of nitrogens with one attached hydrogen (secondary N) is 1. The Hall–Kier alpha value is -4.22. The van der Waals surface area contributed by atoms with Crippen LogP contribution in [0.15, 0.2) is 96.2 Å². The second-order valence-corrected chi connectivity index (χ2v) is 14.1. The van der Waals surface area contributed by atoms with Crippen molar-refractivity contribution in [3.05, 3.63) is 114 Å². The minimum Gasteiger partial charge on any atom is -0.493 e. The van der Waals surface area contributed by atoms with Crippen molar-refractivity contribution in [3.8, 4) is 16.9 Å². The molecule has 0 radical (unpaired) electrons. The third kappa shape index (κ3) is 5.48. The summed E-state index contributed by atoms with van der Waals surface area (Å²) in [5.41, 5.74) is -3.29. The molecule has 2 N–H and O–H groups in total. The summed E-state index contributed by atoms with van der Waals surface area (Å²) in [6, 6.07) is 19.1. The van der Waals surface area contributed by atoms with E-state index >= 15 is 13.2 Å². The predicted octanol–water partition coefficient (Wildman–Crippen LogP) is 7.48. The Balaban J connectivity index is 1.55. The molecule has 1 aliphatic rings. The lowest BCUT2D eigenvalue weighted by Crippen LogP contribution is -2.55. The molecule has 0 spiro atoms. The Kier molecular flexibility index (Phi) is 7.52. The molecule has 0 fully saturated rings. The number of halogens is 4. The highest BCUT2D eigenvalue weighted by Crippen LogP contribution is 2.53. The summed E-state index contributed by atoms with van der Waals surface area (Å²) in [6.45, 7) is 3.06. The van der Waals surface area contributed by atoms with E-state index in [0.29, 0.717) is 22.9 Å². The largest absolute Gasteiger partial charge is 0.493 e. The van der Waals surface area contributed by atoms with Crippen LogP contribution in [0.4, 0.5) is 17.6 Å². The van der Waals surface area contributed by atoms with Gasteiger partial charge >= 0.3 is 6.18 Å². The number of ether oxygens (including phenoxy) is 1. The third-order valence-corrected chi connectivity index (χ3v) is 10.6. The van der Waals surface area contributed by atoms with E-state index < -0.39 is 44.5 Å². The van der Waals surface area contributed by atoms with Crippen molar-refractivity contribution >= 4 is 20.7 Å². The van der Waals surface area contributed by atoms with Crippen LogP contribution in [0, 0.1) is 5.82 Å². The van der Waals surface area contributed by atoms with Crippen molar-refractivity contribution in [1.29, 1.82) is 0 Å². The van der Waals surface area contributed by atoms with Crippen LogP contribution >= 0.6 is 0 Å². The lowest BCUT2D eigenvalue weighted by Gasteiger charge is -2.42. The zero-order chi connectivity index (χ0) is 32.2. The van der Waals surface area contributed by atoms with Gasteiger partial charge in [-0.15, -0.1) is 0 Å². The number of alkyl halides is 3. The maximum atomic E-state index is 15.4. The van der Waals surface area contributed by atoms with E-state index in [1.54, 1.807) is 42.7 Å². The number of rotatable bonds is 8. The van der Waals surface area contributed by atoms with Crippen LogP contribution in [-0.4, -0.2) is 41.9 Å². The molecule has 1 aliphatic heterocycles. The zero-order valence-corrected chi connectivity index (χ0v) is 25.2. The smallest absolute Gasteiger partial charge is 0.418 e. The Morgan fingerprint density at radius 2 is 1.73 bits per heavy atom. The van der Waals surface area contributed by atoms with Crippen LogP contribution in [0.1, 0.15) is 42.3 Å². The second-order valence-electron chi connectivity index (χ2n) is 12.0. The van der Waals surface area contributed by atoms with Crippen LogP contribution in [0.2, 0.25) is 0 Å². The number of fused-ring (bicyclic) bond motifs is 2. The Morgan fingerprint density at radius 3 is 2.42 bits per heavy atom. The Bertz CT molecular complexity index is 1980. The number of hydrogen-bond acceptors (Lipinski definition) is 5. The highest BCUT2D eigenvalue weighted by atomic mass is 32.2. The van der Waals surface area contributed by atoms with Gasteiger partial charge in [0.15, 0.2) is 15.4 Å². The average Bonchev–Trinajstić information content (AvgIpc) is 3.63. The first-order valence-corrected chi connectivity index (χ1v) is 15.8. The maximum absolute atomic E-state index is 15.4. The van der Waals surface area contributed by atoms with Crippen molar-refractivity contribution in [2.24, 2.45) is 0 Å². The lowest BCUT2D eigenvalue weighted by atomic mass is 9.72. The van der Waals surface area contributed by atoms with Gasteiger partial charge in [0, 0.05) is 52.1 Å². The molecule has 0 bridgehead atoms. The van der Waals surface area contributed by atoms with Crippen LogP contribution in [0.25, 0.3) is 22.0 Å². The van der Waals surface area contributed by atoms with E-state index in [9.17, 15) is 17.9 Å². The first-order valence-electron chi connectivity index (χ1n) is 14.3. The quantitative estimate of drug-likeness (QED) is 0.172. The van der Waals surface area contributed by atoms with Gasteiger partial charge in [0.25, 0.3) is 0 Å². The first-order chi connectivity index (χ1) is 21.2. The van der Waals surface area contributed by atoms with Crippen LogP contribution in [0.5, 0.6) is 5.75 Å². The highest BCUT2D eigenvalue weighted by molar-refractivity contribution is 7.91. The number of sulfone groups is 1. The molecule has 2 unspecified atom stereocenters. The van der Waals surface area contributed by atoms with Gasteiger partial charge in [-0.1, -0.05) is 44.2 Å². The fraction of sp³-hybridized carbons (Fsp3) is 0.265. The molecule has 234 valence electrons. The molecule has 0 saturated heterocycles. The van der Waals surface area contributed by atoms with E-state index in [1.165, 1.54) is 50.2 Å². The molecule has 0 amide bonds. The molecule has 11 heteroatoms. The Morgan fingerprint density at radius 1 is 0.978 bits per heavy atom. The van der Waals surface area contributed by atoms with E-state index in [1.807, 2.05) is 6.07 Å². The monoisotopic (exact) mass is 638 g/mol. The molecule has 2 aromatic heterocycles. The minimum absolute atomic E-state index is 0.117. The van der Waals surface area contributed by atoms with Gasteiger partial charge in [-0.2, -0.15) is 13.2 Å². The summed E-state index contributed by atoms with van der Waals surface area (Å²) in [5, 5.41) is 9.90. The second kappa shape index (κ2) is 11.0. The SMILES string of the molecule is CC(C)(CC(O)(C(c1cc2cc(-c3cccnc3)ccc2[nH]1)S(=O)(=O)c1ccccc1)C(F)(F)F)c1cc(F)cc2c1OCC2. The lowest BCUT2D eigenvalue weighted by molar-refractivity contribution is -0.268. The van der Waals surface area contributed by atoms with Crippen molar-refractivity contribution < 1.29 is 35.8 Å². The molecular weight excluding hydrogens is 608 g/mol. The van der Waals surface area contributed by atoms with Gasteiger partial charge in [0.2, 0.25) is 0 Å². The van der Waals surface area contributed by atoms with Gasteiger partial charge < -0.3 is 14.8 Å². The first kappa shape index (κ1) is 30.8. The molecule has 6 rings (SSSR count). The number of H-pyrrole nitrogens is 1. The summed E-state index contributed by atoms with van der Waals surface area (Å²) in [6.07, 6.45) is -2.93. The summed E-state index contributed by atoms with van der Waals surface area (Å²) in [7, 11) is -4.90. The summed E-state index contributed by atoms with van der Waals surface area (Å²) < 4.78 is 95.1. The molecule has 6 nitrogen and oxygen atoms in total. The van der Waals surface area contributed by atoms with Crippen LogP contribution < -0.4 is 4.74 Å². The zero-order valence-electron chi connectivity index (χ0n) is 24.4. The number of nitrogens with zero attached hydrogens (tertiary/aromatic N) is 1. The van der Waals surface area contributed by atoms with Gasteiger partial charge in [-0.3, -0.25) is 4.98 Å². The summed E-state index contributed by atoms with van der Waals surface area (Å²) >= 11 is 0. The fourth-order valence-electron chi connectivity index (χ4n) is 6.32. The molecular formula is C34H30F4N2O4S. The Labute approximate surface area is 257 Å². The predicted molar refractivity (Wildman–Crippen MR) is 162 cm³/mol. The normalized spacial score (nSPS) is 15.8. The molecule has 3 aromatic carbocycles. The number of aromatic nitrogens is 2. The van der Waals surface area contributed by atoms with Crippen molar-refractivity contribution in [2.75, 3.05) is 6.61 Å². The highest BCUT2D eigenvalue weighted by Gasteiger charge is 2.65. The van der Waals surface area contributed by atoms with Crippen molar-refractivity contribution in [1.82, 2.24) is 9.97 Å². The number of hydrogen-bond donors (Lipinski definition) is 2. The van der Waals surface area contributed by atoms with Crippen LogP contribution in [0.3, 0.4) is 0 Å². The number of pyridine rings is 1. The number of benzene rings is 3. The molecule has 2 atom stereocenters. The number of aromatic amines is 1. The average molecular weight is 639 g/mol. The number of aliphatic hydroxyl groups is 1. The van der Waals surface area contributed by atoms with E-state index in [0.717, 1.165) is 17.2 Å². The minimum atomic E-state index is -5.44. The van der Waals surface area contributed by atoms with Crippen molar-refractivity contribution in [2.45, 2.75) is 54.0 Å². The molecule has 0 aliphatic carbocycles. The molecule has 45 heavy (non-hydrogen) atoms. The van der Waals surface area contributed by atoms with Gasteiger partial charge in [0.1, 0.15) is 16.8 Å². The standard InChI is InChI=1S/C34H30F4N2O4S/c1-32(2,27-18-25(35)16-22-12-14-44-30(22)27)20-33(41,34(36,37)38)31(45(42,43)26-8-4-3-5-9-26)29-17-24-15-21(10-11-28(24)40-29)23-7-6-13-39-19-23/h3-11,13,15-19,31,40-41H,12,14,20H2,1-2H3. The topological polar surface area (TPSA) is 92.3 Å². The van der Waals surface area contributed by atoms with Gasteiger partial charge in [-0.25, -0.2) is 12.8 Å². The molecule has 0 saturated carbocycles. The van der Waals surface area contributed by atoms with Crippen LogP contribution in [-0.2, 0) is 21.7 Å². The maximum Gasteiger partial charge on any atom is 0.418 e. The third-order valence-electron chi connectivity index (χ3n) is 8.41. The summed E-state index contributed by atoms with van der Waals surface area (Å²) in [5.74, 6) is -0.409. The fourth-order valence-corrected chi connectivity index (χ4v) is 8.32. The summed E-state index contributed by atoms with van der Waals surface area (Å²) in [4.78, 5) is 6.58. The van der Waals surface area contributed by atoms with Gasteiger partial charge in [-0.05, 0) is 65.9 Å². The van der Waals surface area contributed by atoms with E-state index in [-0.39, 0.29) is 28.5 Å². The van der Waals surface area contributed by atoms with Crippen molar-refractivity contribution in [3.63, 3.8) is 0 Å². The molecule has 3 heterocycles. The van der Waals surface area contributed by atoms with E-state index in [2.05, 4.69) is 9.97 Å². The molecule has 5 aromatic rings. The van der Waals surface area contributed by atoms with E-state index in [4.69, 9.17) is 4.74 Å². The van der Waals surface area contributed by atoms with Gasteiger partial charge in [0.05, 0.1) is 11.5 Å².